The van der Waals surface area contributed by atoms with Crippen molar-refractivity contribution >= 4 is 5.91 Å². The van der Waals surface area contributed by atoms with E-state index in [2.05, 4.69) is 5.32 Å². The molecule has 0 bridgehead atoms. The molecule has 0 saturated heterocycles. The summed E-state index contributed by atoms with van der Waals surface area (Å²) in [6, 6.07) is 2.04. The number of halogens is 2. The second kappa shape index (κ2) is 3.94. The fourth-order valence-electron chi connectivity index (χ4n) is 2.33. The third-order valence-corrected chi connectivity index (χ3v) is 3.83. The normalized spacial score (nSPS) is 33.5. The molecule has 0 aliphatic heterocycles. The maximum Gasteiger partial charge on any atom is 0.248 e. The van der Waals surface area contributed by atoms with E-state index in [-0.39, 0.29) is 24.7 Å². The van der Waals surface area contributed by atoms with E-state index in [1.807, 2.05) is 13.0 Å². The van der Waals surface area contributed by atoms with Crippen LogP contribution in [0.3, 0.4) is 0 Å². The molecule has 0 radical (unpaired) electrons. The minimum absolute atomic E-state index is 0.0379. The Morgan fingerprint density at radius 1 is 1.41 bits per heavy atom. The average molecular weight is 242 g/mol. The summed E-state index contributed by atoms with van der Waals surface area (Å²) < 4.78 is 26.5. The lowest BCUT2D eigenvalue weighted by Gasteiger charge is -2.33. The van der Waals surface area contributed by atoms with Crippen molar-refractivity contribution in [3.63, 3.8) is 0 Å². The molecule has 17 heavy (non-hydrogen) atoms. The van der Waals surface area contributed by atoms with Crippen LogP contribution in [0.4, 0.5) is 8.78 Å². The zero-order valence-corrected chi connectivity index (χ0v) is 9.80. The summed E-state index contributed by atoms with van der Waals surface area (Å²) in [5.74, 6) is -3.82. The SMILES string of the molecule is CC1CCC(F)(F)C[C@H]1C(=O)NC1(C#N)CC1. The molecule has 5 heteroatoms. The Bertz CT molecular complexity index is 371. The summed E-state index contributed by atoms with van der Waals surface area (Å²) >= 11 is 0. The lowest BCUT2D eigenvalue weighted by Crippen LogP contribution is -2.45. The molecule has 2 rings (SSSR count). The summed E-state index contributed by atoms with van der Waals surface area (Å²) in [5.41, 5.74) is -0.760. The van der Waals surface area contributed by atoms with Crippen LogP contribution in [0.15, 0.2) is 0 Å². The molecule has 1 N–H and O–H groups in total. The molecule has 1 unspecified atom stereocenters. The highest BCUT2D eigenvalue weighted by molar-refractivity contribution is 5.81. The van der Waals surface area contributed by atoms with Gasteiger partial charge in [0, 0.05) is 18.8 Å². The third kappa shape index (κ3) is 2.56. The summed E-state index contributed by atoms with van der Waals surface area (Å²) in [4.78, 5) is 11.9. The molecule has 2 aliphatic rings. The van der Waals surface area contributed by atoms with Crippen LogP contribution in [-0.4, -0.2) is 17.4 Å². The van der Waals surface area contributed by atoms with Crippen molar-refractivity contribution in [2.24, 2.45) is 11.8 Å². The number of nitriles is 1. The first-order valence-corrected chi connectivity index (χ1v) is 5.99. The number of hydrogen-bond donors (Lipinski definition) is 1. The van der Waals surface area contributed by atoms with Crippen LogP contribution in [0.5, 0.6) is 0 Å². The summed E-state index contributed by atoms with van der Waals surface area (Å²) in [6.07, 6.45) is 1.10. The first kappa shape index (κ1) is 12.3. The van der Waals surface area contributed by atoms with E-state index in [9.17, 15) is 13.6 Å². The van der Waals surface area contributed by atoms with Crippen LogP contribution in [0, 0.1) is 23.2 Å². The van der Waals surface area contributed by atoms with Gasteiger partial charge in [-0.25, -0.2) is 8.78 Å². The van der Waals surface area contributed by atoms with Crippen LogP contribution >= 0.6 is 0 Å². The Balaban J connectivity index is 2.01. The fourth-order valence-corrected chi connectivity index (χ4v) is 2.33. The van der Waals surface area contributed by atoms with Crippen molar-refractivity contribution in [3.05, 3.63) is 0 Å². The molecular formula is C12H16F2N2O. The highest BCUT2D eigenvalue weighted by Crippen LogP contribution is 2.41. The molecule has 94 valence electrons. The standard InChI is InChI=1S/C12H16F2N2O/c1-8-2-3-12(13,14)6-9(8)10(17)16-11(7-15)4-5-11/h8-9H,2-6H2,1H3,(H,16,17)/t8?,9-/m1/s1. The molecule has 0 aromatic rings. The molecule has 2 aliphatic carbocycles. The van der Waals surface area contributed by atoms with Gasteiger partial charge in [-0.15, -0.1) is 0 Å². The van der Waals surface area contributed by atoms with Crippen LogP contribution in [-0.2, 0) is 4.79 Å². The number of nitrogens with one attached hydrogen (secondary N) is 1. The van der Waals surface area contributed by atoms with E-state index >= 15 is 0 Å². The lowest BCUT2D eigenvalue weighted by molar-refractivity contribution is -0.136. The highest BCUT2D eigenvalue weighted by atomic mass is 19.3. The number of alkyl halides is 2. The van der Waals surface area contributed by atoms with Gasteiger partial charge in [0.1, 0.15) is 5.54 Å². The van der Waals surface area contributed by atoms with E-state index < -0.39 is 17.4 Å². The van der Waals surface area contributed by atoms with Gasteiger partial charge in [-0.2, -0.15) is 5.26 Å². The van der Waals surface area contributed by atoms with Crippen LogP contribution in [0.2, 0.25) is 0 Å². The van der Waals surface area contributed by atoms with Crippen molar-refractivity contribution in [1.29, 1.82) is 5.26 Å². The first-order chi connectivity index (χ1) is 7.87. The summed E-state index contributed by atoms with van der Waals surface area (Å²) in [7, 11) is 0. The van der Waals surface area contributed by atoms with E-state index in [0.29, 0.717) is 19.3 Å². The zero-order valence-electron chi connectivity index (χ0n) is 9.80. The maximum atomic E-state index is 13.3. The minimum atomic E-state index is -2.74. The van der Waals surface area contributed by atoms with Crippen molar-refractivity contribution < 1.29 is 13.6 Å². The predicted octanol–water partition coefficient (Wildman–Crippen LogP) is 2.23. The maximum absolute atomic E-state index is 13.3. The van der Waals surface area contributed by atoms with Crippen molar-refractivity contribution in [3.8, 4) is 6.07 Å². The Morgan fingerprint density at radius 2 is 2.06 bits per heavy atom. The highest BCUT2D eigenvalue weighted by Gasteiger charge is 2.48. The topological polar surface area (TPSA) is 52.9 Å². The van der Waals surface area contributed by atoms with Crippen LogP contribution in [0.25, 0.3) is 0 Å². The van der Waals surface area contributed by atoms with Gasteiger partial charge < -0.3 is 5.32 Å². The molecule has 0 heterocycles. The number of amides is 1. The van der Waals surface area contributed by atoms with Gasteiger partial charge >= 0.3 is 0 Å². The molecule has 3 nitrogen and oxygen atoms in total. The fraction of sp³-hybridized carbons (Fsp3) is 0.833. The number of carbonyl (C=O) groups excluding carboxylic acids is 1. The second-order valence-electron chi connectivity index (χ2n) is 5.37. The lowest BCUT2D eigenvalue weighted by atomic mass is 9.78. The Labute approximate surface area is 99.2 Å². The van der Waals surface area contributed by atoms with Gasteiger partial charge in [0.2, 0.25) is 11.8 Å². The smallest absolute Gasteiger partial charge is 0.248 e. The minimum Gasteiger partial charge on any atom is -0.338 e. The summed E-state index contributed by atoms with van der Waals surface area (Å²) in [5, 5.41) is 11.5. The van der Waals surface area contributed by atoms with Gasteiger partial charge in [0.15, 0.2) is 0 Å². The van der Waals surface area contributed by atoms with Crippen LogP contribution in [0.1, 0.15) is 39.0 Å². The average Bonchev–Trinajstić information content (AvgIpc) is 3.02. The summed E-state index contributed by atoms with van der Waals surface area (Å²) in [6.45, 7) is 1.82. The number of carbonyl (C=O) groups is 1. The van der Waals surface area contributed by atoms with Gasteiger partial charge in [-0.05, 0) is 25.2 Å². The molecule has 1 amide bonds. The Hall–Kier alpha value is -1.18. The zero-order chi connectivity index (χ0) is 12.7. The van der Waals surface area contributed by atoms with Gasteiger partial charge in [0.25, 0.3) is 0 Å². The molecule has 0 aromatic carbocycles. The quantitative estimate of drug-likeness (QED) is 0.807. The van der Waals surface area contributed by atoms with Crippen LogP contribution < -0.4 is 5.32 Å². The molecule has 0 spiro atoms. The molecule has 2 saturated carbocycles. The number of rotatable bonds is 2. The number of nitrogens with zero attached hydrogens (tertiary/aromatic N) is 1. The van der Waals surface area contributed by atoms with Crippen molar-refractivity contribution in [1.82, 2.24) is 5.32 Å². The Morgan fingerprint density at radius 3 is 2.59 bits per heavy atom. The molecule has 2 fully saturated rings. The molecular weight excluding hydrogens is 226 g/mol. The second-order valence-corrected chi connectivity index (χ2v) is 5.37. The number of hydrogen-bond acceptors (Lipinski definition) is 2. The molecule has 2 atom stereocenters. The molecule has 0 aromatic heterocycles. The third-order valence-electron chi connectivity index (χ3n) is 3.83. The first-order valence-electron chi connectivity index (χ1n) is 5.99. The van der Waals surface area contributed by atoms with Gasteiger partial charge in [0.05, 0.1) is 6.07 Å². The van der Waals surface area contributed by atoms with E-state index in [0.717, 1.165) is 0 Å². The van der Waals surface area contributed by atoms with Crippen molar-refractivity contribution in [2.45, 2.75) is 50.5 Å². The van der Waals surface area contributed by atoms with Gasteiger partial charge in [-0.3, -0.25) is 4.79 Å². The van der Waals surface area contributed by atoms with E-state index in [1.54, 1.807) is 0 Å². The Kier molecular flexibility index (Phi) is 2.84. The largest absolute Gasteiger partial charge is 0.338 e. The monoisotopic (exact) mass is 242 g/mol. The van der Waals surface area contributed by atoms with E-state index in [4.69, 9.17) is 5.26 Å². The predicted molar refractivity (Wildman–Crippen MR) is 57.2 cm³/mol. The van der Waals surface area contributed by atoms with Crippen molar-refractivity contribution in [2.75, 3.05) is 0 Å². The van der Waals surface area contributed by atoms with E-state index in [1.165, 1.54) is 0 Å². The van der Waals surface area contributed by atoms with Gasteiger partial charge in [-0.1, -0.05) is 6.92 Å².